The second-order valence-corrected chi connectivity index (χ2v) is 6.86. The lowest BCUT2D eigenvalue weighted by molar-refractivity contribution is 0.282. The molecule has 1 rings (SSSR count). The van der Waals surface area contributed by atoms with Crippen molar-refractivity contribution in [1.82, 2.24) is 25.3 Å². The molecule has 0 bridgehead atoms. The summed E-state index contributed by atoms with van der Waals surface area (Å²) in [4.78, 5) is 7.00. The Kier molecular flexibility index (Phi) is 11.3. The highest BCUT2D eigenvalue weighted by Gasteiger charge is 2.14. The summed E-state index contributed by atoms with van der Waals surface area (Å²) in [5, 5.41) is 11.4. The zero-order chi connectivity index (χ0) is 18.3. The fraction of sp³-hybridized carbons (Fsp3) is 0.778. The minimum atomic E-state index is 0. The van der Waals surface area contributed by atoms with Gasteiger partial charge < -0.3 is 15.5 Å². The highest BCUT2D eigenvalue weighted by atomic mass is 127. The van der Waals surface area contributed by atoms with Crippen molar-refractivity contribution in [2.24, 2.45) is 12.0 Å². The van der Waals surface area contributed by atoms with Crippen LogP contribution in [0, 0.1) is 13.8 Å². The molecule has 0 aromatic carbocycles. The molecule has 1 aromatic heterocycles. The van der Waals surface area contributed by atoms with Crippen molar-refractivity contribution < 1.29 is 0 Å². The number of hydrogen-bond donors (Lipinski definition) is 2. The van der Waals surface area contributed by atoms with E-state index in [-0.39, 0.29) is 24.0 Å². The van der Waals surface area contributed by atoms with Gasteiger partial charge in [-0.3, -0.25) is 9.67 Å². The van der Waals surface area contributed by atoms with Crippen molar-refractivity contribution in [2.75, 3.05) is 26.7 Å². The van der Waals surface area contributed by atoms with Crippen molar-refractivity contribution in [1.29, 1.82) is 0 Å². The van der Waals surface area contributed by atoms with Gasteiger partial charge in [0.2, 0.25) is 0 Å². The van der Waals surface area contributed by atoms with Crippen LogP contribution < -0.4 is 10.6 Å². The van der Waals surface area contributed by atoms with Gasteiger partial charge in [-0.1, -0.05) is 0 Å². The van der Waals surface area contributed by atoms with Crippen LogP contribution in [0.1, 0.15) is 44.6 Å². The van der Waals surface area contributed by atoms with E-state index in [1.807, 2.05) is 11.7 Å². The number of nitrogens with zero attached hydrogens (tertiary/aromatic N) is 4. The number of guanidine groups is 1. The van der Waals surface area contributed by atoms with Crippen molar-refractivity contribution in [3.8, 4) is 0 Å². The number of nitrogens with one attached hydrogen (secondary N) is 2. The lowest BCUT2D eigenvalue weighted by Crippen LogP contribution is -2.43. The highest BCUT2D eigenvalue weighted by molar-refractivity contribution is 14.0. The number of hydrogen-bond acceptors (Lipinski definition) is 3. The lowest BCUT2D eigenvalue weighted by Gasteiger charge is -2.21. The topological polar surface area (TPSA) is 57.5 Å². The van der Waals surface area contributed by atoms with Crippen LogP contribution in [-0.2, 0) is 13.5 Å². The molecule has 2 N–H and O–H groups in total. The highest BCUT2D eigenvalue weighted by Crippen LogP contribution is 2.14. The van der Waals surface area contributed by atoms with Gasteiger partial charge in [-0.15, -0.1) is 24.0 Å². The predicted octanol–water partition coefficient (Wildman–Crippen LogP) is 2.48. The van der Waals surface area contributed by atoms with Gasteiger partial charge in [0.05, 0.1) is 12.2 Å². The molecule has 0 radical (unpaired) electrons. The smallest absolute Gasteiger partial charge is 0.191 e. The molecule has 1 heterocycles. The van der Waals surface area contributed by atoms with Crippen LogP contribution >= 0.6 is 24.0 Å². The van der Waals surface area contributed by atoms with Gasteiger partial charge in [-0.25, -0.2) is 0 Å². The molecule has 0 saturated heterocycles. The summed E-state index contributed by atoms with van der Waals surface area (Å²) in [5.41, 5.74) is 3.68. The molecule has 0 amide bonds. The van der Waals surface area contributed by atoms with E-state index in [9.17, 15) is 0 Å². The third-order valence-corrected chi connectivity index (χ3v) is 4.50. The fourth-order valence-electron chi connectivity index (χ4n) is 2.60. The summed E-state index contributed by atoms with van der Waals surface area (Å²) >= 11 is 0. The van der Waals surface area contributed by atoms with Crippen LogP contribution in [0.2, 0.25) is 0 Å². The largest absolute Gasteiger partial charge is 0.357 e. The molecule has 1 atom stereocenters. The third kappa shape index (κ3) is 7.94. The first-order valence-electron chi connectivity index (χ1n) is 9.00. The van der Waals surface area contributed by atoms with Crippen LogP contribution in [0.4, 0.5) is 0 Å². The van der Waals surface area contributed by atoms with Crippen LogP contribution in [0.3, 0.4) is 0 Å². The second kappa shape index (κ2) is 11.7. The molecule has 0 aliphatic heterocycles. The maximum Gasteiger partial charge on any atom is 0.191 e. The van der Waals surface area contributed by atoms with Crippen molar-refractivity contribution >= 4 is 29.9 Å². The Bertz CT molecular complexity index is 538. The molecule has 7 heteroatoms. The molecule has 25 heavy (non-hydrogen) atoms. The van der Waals surface area contributed by atoms with E-state index >= 15 is 0 Å². The molecule has 1 aromatic rings. The molecular formula is C18H37IN6. The zero-order valence-corrected chi connectivity index (χ0v) is 19.5. The monoisotopic (exact) mass is 464 g/mol. The van der Waals surface area contributed by atoms with Gasteiger partial charge in [0.15, 0.2) is 5.96 Å². The summed E-state index contributed by atoms with van der Waals surface area (Å²) in [5.74, 6) is 0.890. The van der Waals surface area contributed by atoms with Crippen LogP contribution in [-0.4, -0.2) is 59.4 Å². The van der Waals surface area contributed by atoms with Gasteiger partial charge in [0.1, 0.15) is 0 Å². The number of aromatic nitrogens is 2. The fourth-order valence-corrected chi connectivity index (χ4v) is 2.60. The summed E-state index contributed by atoms with van der Waals surface area (Å²) in [6.45, 7) is 15.5. The van der Waals surface area contributed by atoms with E-state index in [2.05, 4.69) is 69.2 Å². The molecule has 0 saturated carbocycles. The molecular weight excluding hydrogens is 427 g/mol. The van der Waals surface area contributed by atoms with Crippen molar-refractivity contribution in [3.63, 3.8) is 0 Å². The van der Waals surface area contributed by atoms with Gasteiger partial charge >= 0.3 is 0 Å². The molecule has 6 nitrogen and oxygen atoms in total. The first-order chi connectivity index (χ1) is 11.3. The minimum Gasteiger partial charge on any atom is -0.357 e. The Hall–Kier alpha value is -0.830. The molecule has 1 unspecified atom stereocenters. The first kappa shape index (κ1) is 24.2. The van der Waals surface area contributed by atoms with Crippen LogP contribution in [0.15, 0.2) is 4.99 Å². The first-order valence-corrected chi connectivity index (χ1v) is 9.00. The number of likely N-dealkylation sites (N-methyl/N-ethyl adjacent to an activating group) is 1. The SMILES string of the molecule is CCNC(=NCCN(C)C(C)C)NC(C)Cc1c(C)nn(C)c1C.I. The Morgan fingerprint density at radius 2 is 1.92 bits per heavy atom. The zero-order valence-electron chi connectivity index (χ0n) is 17.2. The molecule has 0 spiro atoms. The predicted molar refractivity (Wildman–Crippen MR) is 118 cm³/mol. The Balaban J connectivity index is 0.00000576. The molecule has 0 aliphatic carbocycles. The summed E-state index contributed by atoms with van der Waals surface area (Å²) < 4.78 is 1.96. The van der Waals surface area contributed by atoms with Crippen molar-refractivity contribution in [3.05, 3.63) is 17.0 Å². The summed E-state index contributed by atoms with van der Waals surface area (Å²) in [6, 6.07) is 0.846. The van der Waals surface area contributed by atoms with Crippen LogP contribution in [0.25, 0.3) is 0 Å². The second-order valence-electron chi connectivity index (χ2n) is 6.86. The van der Waals surface area contributed by atoms with Gasteiger partial charge in [-0.05, 0) is 60.6 Å². The van der Waals surface area contributed by atoms with Crippen molar-refractivity contribution in [2.45, 2.75) is 60.0 Å². The normalized spacial score (nSPS) is 13.1. The third-order valence-electron chi connectivity index (χ3n) is 4.50. The number of halogens is 1. The lowest BCUT2D eigenvalue weighted by atomic mass is 10.1. The van der Waals surface area contributed by atoms with Crippen LogP contribution in [0.5, 0.6) is 0 Å². The van der Waals surface area contributed by atoms with Gasteiger partial charge in [0, 0.05) is 37.9 Å². The number of aryl methyl sites for hydroxylation is 2. The number of rotatable bonds is 8. The van der Waals surface area contributed by atoms with E-state index in [4.69, 9.17) is 4.99 Å². The molecule has 0 fully saturated rings. The van der Waals surface area contributed by atoms with E-state index in [1.54, 1.807) is 0 Å². The van der Waals surface area contributed by atoms with Gasteiger partial charge in [-0.2, -0.15) is 5.10 Å². The maximum atomic E-state index is 4.70. The maximum absolute atomic E-state index is 4.70. The summed E-state index contributed by atoms with van der Waals surface area (Å²) in [7, 11) is 4.14. The Labute approximate surface area is 170 Å². The average Bonchev–Trinajstić information content (AvgIpc) is 2.73. The summed E-state index contributed by atoms with van der Waals surface area (Å²) in [6.07, 6.45) is 0.946. The number of aliphatic imine (C=N–C) groups is 1. The standard InChI is InChI=1S/C18H36N6.HI/c1-9-19-18(20-10-11-23(7)13(2)3)21-14(4)12-17-15(5)22-24(8)16(17)6;/h13-14H,9-12H2,1-8H3,(H2,19,20,21);1H. The molecule has 146 valence electrons. The quantitative estimate of drug-likeness (QED) is 0.353. The molecule has 0 aliphatic rings. The Morgan fingerprint density at radius 1 is 1.28 bits per heavy atom. The van der Waals surface area contributed by atoms with E-state index in [0.717, 1.165) is 37.7 Å². The Morgan fingerprint density at radius 3 is 2.40 bits per heavy atom. The van der Waals surface area contributed by atoms with E-state index in [0.29, 0.717) is 12.1 Å². The minimum absolute atomic E-state index is 0. The van der Waals surface area contributed by atoms with E-state index in [1.165, 1.54) is 11.3 Å². The average molecular weight is 464 g/mol. The van der Waals surface area contributed by atoms with E-state index < -0.39 is 0 Å². The van der Waals surface area contributed by atoms with Gasteiger partial charge in [0.25, 0.3) is 0 Å².